The summed E-state index contributed by atoms with van der Waals surface area (Å²) >= 11 is 0. The lowest BCUT2D eigenvalue weighted by molar-refractivity contribution is -0.192. The van der Waals surface area contributed by atoms with E-state index in [4.69, 9.17) is 14.6 Å². The van der Waals surface area contributed by atoms with Crippen LogP contribution in [0.4, 0.5) is 24.7 Å². The molecule has 0 amide bonds. The quantitative estimate of drug-likeness (QED) is 0.545. The summed E-state index contributed by atoms with van der Waals surface area (Å²) in [5.74, 6) is -3.16. The Morgan fingerprint density at radius 3 is 2.09 bits per heavy atom. The highest BCUT2D eigenvalue weighted by Gasteiger charge is 2.38. The lowest BCUT2D eigenvalue weighted by Gasteiger charge is -2.15. The molecule has 3 N–H and O–H groups in total. The average molecular weight is 479 g/mol. The first-order valence-corrected chi connectivity index (χ1v) is 10.1. The molecule has 0 saturated heterocycles. The fourth-order valence-electron chi connectivity index (χ4n) is 2.12. The van der Waals surface area contributed by atoms with Crippen LogP contribution in [0.25, 0.3) is 0 Å². The third-order valence-electron chi connectivity index (χ3n) is 3.46. The zero-order valence-electron chi connectivity index (χ0n) is 17.0. The van der Waals surface area contributed by atoms with E-state index in [1.807, 2.05) is 6.92 Å². The van der Waals surface area contributed by atoms with Crippen molar-refractivity contribution in [2.24, 2.45) is 0 Å². The van der Waals surface area contributed by atoms with Crippen molar-refractivity contribution in [3.8, 4) is 5.75 Å². The number of halogens is 3. The van der Waals surface area contributed by atoms with Gasteiger partial charge in [0.15, 0.2) is 0 Å². The molecule has 1 heterocycles. The van der Waals surface area contributed by atoms with Crippen molar-refractivity contribution in [1.29, 1.82) is 0 Å². The molecule has 176 valence electrons. The number of benzene rings is 1. The van der Waals surface area contributed by atoms with Crippen LogP contribution in [-0.2, 0) is 14.8 Å². The van der Waals surface area contributed by atoms with Crippen molar-refractivity contribution in [1.82, 2.24) is 4.98 Å². The number of hydrogen-bond acceptors (Lipinski definition) is 7. The third-order valence-corrected chi connectivity index (χ3v) is 4.86. The first kappa shape index (κ1) is 26.5. The number of pyridine rings is 1. The molecular weight excluding hydrogens is 459 g/mol. The number of hydrogen-bond donors (Lipinski definition) is 3. The predicted molar refractivity (Wildman–Crippen MR) is 108 cm³/mol. The molecule has 0 radical (unpaired) electrons. The van der Waals surface area contributed by atoms with Gasteiger partial charge in [-0.25, -0.2) is 23.0 Å². The van der Waals surface area contributed by atoms with Crippen molar-refractivity contribution >= 4 is 33.5 Å². The van der Waals surface area contributed by atoms with Crippen LogP contribution >= 0.6 is 0 Å². The van der Waals surface area contributed by atoms with Crippen LogP contribution in [-0.4, -0.2) is 62.4 Å². The number of aliphatic carboxylic acids is 1. The van der Waals surface area contributed by atoms with Gasteiger partial charge < -0.3 is 19.8 Å². The standard InChI is InChI=1S/C16H19N3O5S.C2HF3O2/c1-4-24-12-5-7-13(8-6-12)25(22,23)18-11-9-14(16(20)21)15(17-10-11)19(2)3;3-2(4,5)1(6)7/h5-10,18H,4H2,1-3H3,(H,20,21);(H,6,7). The number of sulfonamides is 1. The second-order valence-corrected chi connectivity index (χ2v) is 7.79. The Bertz CT molecular complexity index is 1060. The summed E-state index contributed by atoms with van der Waals surface area (Å²) in [5.41, 5.74) is -0.0335. The Balaban J connectivity index is 0.000000633. The molecule has 0 aliphatic heterocycles. The summed E-state index contributed by atoms with van der Waals surface area (Å²) < 4.78 is 64.2. The van der Waals surface area contributed by atoms with Gasteiger partial charge in [0.2, 0.25) is 0 Å². The van der Waals surface area contributed by atoms with E-state index in [0.717, 1.165) is 0 Å². The van der Waals surface area contributed by atoms with E-state index < -0.39 is 28.1 Å². The molecule has 0 atom stereocenters. The van der Waals surface area contributed by atoms with Crippen LogP contribution in [0.5, 0.6) is 5.75 Å². The zero-order chi connectivity index (χ0) is 24.7. The molecule has 0 fully saturated rings. The Kier molecular flexibility index (Phi) is 8.82. The SMILES string of the molecule is CCOc1ccc(S(=O)(=O)Nc2cnc(N(C)C)c(C(=O)O)c2)cc1.O=C(O)C(F)(F)F. The third kappa shape index (κ3) is 7.61. The maximum absolute atomic E-state index is 12.4. The fourth-order valence-corrected chi connectivity index (χ4v) is 3.16. The number of anilines is 2. The summed E-state index contributed by atoms with van der Waals surface area (Å²) in [5, 5.41) is 16.4. The number of aromatic nitrogens is 1. The van der Waals surface area contributed by atoms with E-state index in [1.165, 1.54) is 29.3 Å². The minimum absolute atomic E-state index is 0.0320. The zero-order valence-corrected chi connectivity index (χ0v) is 17.9. The summed E-state index contributed by atoms with van der Waals surface area (Å²) in [6.07, 6.45) is -3.81. The lowest BCUT2D eigenvalue weighted by Crippen LogP contribution is -2.21. The number of carbonyl (C=O) groups is 2. The highest BCUT2D eigenvalue weighted by Crippen LogP contribution is 2.23. The molecule has 0 unspecified atom stereocenters. The van der Waals surface area contributed by atoms with Crippen LogP contribution in [0.15, 0.2) is 41.4 Å². The number of carboxylic acids is 2. The highest BCUT2D eigenvalue weighted by atomic mass is 32.2. The van der Waals surface area contributed by atoms with Crippen LogP contribution in [0.2, 0.25) is 0 Å². The van der Waals surface area contributed by atoms with Crippen LogP contribution in [0.3, 0.4) is 0 Å². The number of nitrogens with one attached hydrogen (secondary N) is 1. The minimum atomic E-state index is -5.08. The van der Waals surface area contributed by atoms with E-state index in [0.29, 0.717) is 12.4 Å². The molecule has 2 aromatic rings. The van der Waals surface area contributed by atoms with Gasteiger partial charge in [-0.2, -0.15) is 13.2 Å². The summed E-state index contributed by atoms with van der Waals surface area (Å²) in [6, 6.07) is 7.15. The number of aromatic carboxylic acids is 1. The van der Waals surface area contributed by atoms with Gasteiger partial charge in [-0.15, -0.1) is 0 Å². The molecular formula is C18H20F3N3O7S. The molecule has 0 aliphatic rings. The van der Waals surface area contributed by atoms with Gasteiger partial charge >= 0.3 is 18.1 Å². The molecule has 2 rings (SSSR count). The van der Waals surface area contributed by atoms with E-state index in [-0.39, 0.29) is 22.0 Å². The van der Waals surface area contributed by atoms with Gasteiger partial charge in [-0.1, -0.05) is 0 Å². The lowest BCUT2D eigenvalue weighted by atomic mass is 10.2. The van der Waals surface area contributed by atoms with E-state index in [9.17, 15) is 31.5 Å². The highest BCUT2D eigenvalue weighted by molar-refractivity contribution is 7.92. The van der Waals surface area contributed by atoms with Gasteiger partial charge in [0.25, 0.3) is 10.0 Å². The number of nitrogens with zero attached hydrogens (tertiary/aromatic N) is 2. The van der Waals surface area contributed by atoms with Crippen molar-refractivity contribution in [3.05, 3.63) is 42.1 Å². The maximum atomic E-state index is 12.4. The van der Waals surface area contributed by atoms with Crippen molar-refractivity contribution in [2.45, 2.75) is 18.0 Å². The molecule has 0 spiro atoms. The van der Waals surface area contributed by atoms with Crippen LogP contribution in [0, 0.1) is 0 Å². The molecule has 0 bridgehead atoms. The second-order valence-electron chi connectivity index (χ2n) is 6.11. The Hall–Kier alpha value is -3.55. The Morgan fingerprint density at radius 1 is 1.16 bits per heavy atom. The Labute approximate surface area is 181 Å². The normalized spacial score (nSPS) is 11.1. The largest absolute Gasteiger partial charge is 0.494 e. The van der Waals surface area contributed by atoms with E-state index >= 15 is 0 Å². The van der Waals surface area contributed by atoms with Crippen molar-refractivity contribution < 1.29 is 46.1 Å². The summed E-state index contributed by atoms with van der Waals surface area (Å²) in [4.78, 5) is 25.8. The predicted octanol–water partition coefficient (Wildman–Crippen LogP) is 2.68. The van der Waals surface area contributed by atoms with Crippen molar-refractivity contribution in [2.75, 3.05) is 30.3 Å². The molecule has 14 heteroatoms. The van der Waals surface area contributed by atoms with Gasteiger partial charge in [-0.3, -0.25) is 4.72 Å². The first-order chi connectivity index (χ1) is 14.7. The number of alkyl halides is 3. The monoisotopic (exact) mass is 479 g/mol. The topological polar surface area (TPSA) is 146 Å². The Morgan fingerprint density at radius 2 is 1.69 bits per heavy atom. The molecule has 0 saturated carbocycles. The van der Waals surface area contributed by atoms with Gasteiger partial charge in [0.1, 0.15) is 17.1 Å². The van der Waals surface area contributed by atoms with Gasteiger partial charge in [0.05, 0.1) is 23.4 Å². The van der Waals surface area contributed by atoms with E-state index in [1.54, 1.807) is 26.2 Å². The molecule has 0 aliphatic carbocycles. The summed E-state index contributed by atoms with van der Waals surface area (Å²) in [6.45, 7) is 2.31. The van der Waals surface area contributed by atoms with E-state index in [2.05, 4.69) is 9.71 Å². The molecule has 1 aromatic carbocycles. The number of rotatable bonds is 7. The smallest absolute Gasteiger partial charge is 0.490 e. The first-order valence-electron chi connectivity index (χ1n) is 8.65. The van der Waals surface area contributed by atoms with Crippen LogP contribution in [0.1, 0.15) is 17.3 Å². The van der Waals surface area contributed by atoms with Crippen LogP contribution < -0.4 is 14.4 Å². The van der Waals surface area contributed by atoms with Crippen molar-refractivity contribution in [3.63, 3.8) is 0 Å². The average Bonchev–Trinajstić information content (AvgIpc) is 2.68. The summed E-state index contributed by atoms with van der Waals surface area (Å²) in [7, 11) is -0.570. The maximum Gasteiger partial charge on any atom is 0.490 e. The molecule has 32 heavy (non-hydrogen) atoms. The van der Waals surface area contributed by atoms with Gasteiger partial charge in [-0.05, 0) is 37.3 Å². The second kappa shape index (κ2) is 10.7. The number of carboxylic acid groups (broad SMARTS) is 2. The number of ether oxygens (including phenoxy) is 1. The molecule has 1 aromatic heterocycles. The van der Waals surface area contributed by atoms with Gasteiger partial charge in [0, 0.05) is 14.1 Å². The minimum Gasteiger partial charge on any atom is -0.494 e. The molecule has 10 nitrogen and oxygen atoms in total. The fraction of sp³-hybridized carbons (Fsp3) is 0.278.